The minimum Gasteiger partial charge on any atom is -0.459 e. The van der Waals surface area contributed by atoms with E-state index in [1.807, 2.05) is 6.92 Å². The monoisotopic (exact) mass is 360 g/mol. The fraction of sp³-hybridized carbons (Fsp3) is 0.368. The Bertz CT molecular complexity index is 783. The summed E-state index contributed by atoms with van der Waals surface area (Å²) in [4.78, 5) is 27.6. The number of hydrogen-bond donors (Lipinski definition) is 2. The highest BCUT2D eigenvalue weighted by Crippen LogP contribution is 2.13. The smallest absolute Gasteiger partial charge is 0.289 e. The molecule has 1 aromatic heterocycles. The third-order valence-corrected chi connectivity index (χ3v) is 4.87. The SMILES string of the molecule is Cc1ccc(NC(=O)[C@@H](C)[NH+]2CCN(C(=O)c3ccco3)CC2)cc1F. The molecule has 0 aliphatic carbocycles. The van der Waals surface area contributed by atoms with E-state index in [0.717, 1.165) is 4.90 Å². The second-order valence-corrected chi connectivity index (χ2v) is 6.60. The second-order valence-electron chi connectivity index (χ2n) is 6.60. The first-order chi connectivity index (χ1) is 12.5. The number of nitrogens with one attached hydrogen (secondary N) is 2. The van der Waals surface area contributed by atoms with Gasteiger partial charge in [-0.05, 0) is 43.7 Å². The molecule has 1 aliphatic heterocycles. The van der Waals surface area contributed by atoms with Crippen LogP contribution < -0.4 is 10.2 Å². The summed E-state index contributed by atoms with van der Waals surface area (Å²) in [5.41, 5.74) is 0.995. The topological polar surface area (TPSA) is 67.0 Å². The summed E-state index contributed by atoms with van der Waals surface area (Å²) in [7, 11) is 0. The van der Waals surface area contributed by atoms with Crippen LogP contribution in [0.25, 0.3) is 0 Å². The summed E-state index contributed by atoms with van der Waals surface area (Å²) in [6.07, 6.45) is 1.48. The Balaban J connectivity index is 1.54. The maximum atomic E-state index is 13.6. The molecular weight excluding hydrogens is 337 g/mol. The lowest BCUT2D eigenvalue weighted by molar-refractivity contribution is -0.917. The molecule has 0 unspecified atom stereocenters. The van der Waals surface area contributed by atoms with Crippen LogP contribution in [0.5, 0.6) is 0 Å². The van der Waals surface area contributed by atoms with E-state index in [1.165, 1.54) is 12.3 Å². The Morgan fingerprint density at radius 1 is 1.27 bits per heavy atom. The maximum Gasteiger partial charge on any atom is 0.289 e. The van der Waals surface area contributed by atoms with Crippen molar-refractivity contribution in [3.05, 3.63) is 53.7 Å². The van der Waals surface area contributed by atoms with Gasteiger partial charge in [0.2, 0.25) is 0 Å². The quantitative estimate of drug-likeness (QED) is 0.858. The van der Waals surface area contributed by atoms with Crippen molar-refractivity contribution in [3.63, 3.8) is 0 Å². The van der Waals surface area contributed by atoms with E-state index in [1.54, 1.807) is 36.1 Å². The van der Waals surface area contributed by atoms with Gasteiger partial charge in [-0.2, -0.15) is 0 Å². The van der Waals surface area contributed by atoms with Crippen LogP contribution in [0, 0.1) is 12.7 Å². The Kier molecular flexibility index (Phi) is 5.37. The summed E-state index contributed by atoms with van der Waals surface area (Å²) in [6, 6.07) is 7.71. The molecule has 0 radical (unpaired) electrons. The van der Waals surface area contributed by atoms with Gasteiger partial charge >= 0.3 is 0 Å². The number of amides is 2. The molecule has 1 aliphatic rings. The third-order valence-electron chi connectivity index (χ3n) is 4.87. The van der Waals surface area contributed by atoms with Crippen LogP contribution in [-0.2, 0) is 4.79 Å². The Morgan fingerprint density at radius 2 is 2.00 bits per heavy atom. The van der Waals surface area contributed by atoms with Gasteiger partial charge in [-0.1, -0.05) is 6.07 Å². The molecule has 2 heterocycles. The molecule has 0 saturated carbocycles. The van der Waals surface area contributed by atoms with Gasteiger partial charge in [0.15, 0.2) is 11.8 Å². The summed E-state index contributed by atoms with van der Waals surface area (Å²) in [5.74, 6) is -0.288. The zero-order valence-corrected chi connectivity index (χ0v) is 14.9. The Labute approximate surface area is 151 Å². The zero-order valence-electron chi connectivity index (χ0n) is 14.9. The number of carbonyl (C=O) groups excluding carboxylic acids is 2. The van der Waals surface area contributed by atoms with E-state index in [-0.39, 0.29) is 23.7 Å². The minimum absolute atomic E-state index is 0.124. The molecule has 2 amide bonds. The van der Waals surface area contributed by atoms with E-state index in [0.29, 0.717) is 43.2 Å². The molecule has 6 nitrogen and oxygen atoms in total. The van der Waals surface area contributed by atoms with Crippen LogP contribution in [0.1, 0.15) is 23.0 Å². The van der Waals surface area contributed by atoms with Crippen LogP contribution in [0.2, 0.25) is 0 Å². The first-order valence-electron chi connectivity index (χ1n) is 8.70. The van der Waals surface area contributed by atoms with E-state index in [2.05, 4.69) is 5.32 Å². The molecule has 0 bridgehead atoms. The lowest BCUT2D eigenvalue weighted by atomic mass is 10.2. The van der Waals surface area contributed by atoms with Crippen LogP contribution in [-0.4, -0.2) is 48.9 Å². The molecule has 1 saturated heterocycles. The molecule has 1 aromatic carbocycles. The number of nitrogens with zero attached hydrogens (tertiary/aromatic N) is 1. The summed E-state index contributed by atoms with van der Waals surface area (Å²) in [5, 5.41) is 2.77. The largest absolute Gasteiger partial charge is 0.459 e. The average Bonchev–Trinajstić information content (AvgIpc) is 3.18. The highest BCUT2D eigenvalue weighted by Gasteiger charge is 2.31. The number of furan rings is 1. The zero-order chi connectivity index (χ0) is 18.7. The molecule has 0 spiro atoms. The summed E-state index contributed by atoms with van der Waals surface area (Å²) < 4.78 is 18.8. The van der Waals surface area contributed by atoms with Gasteiger partial charge in [0.1, 0.15) is 5.82 Å². The highest BCUT2D eigenvalue weighted by molar-refractivity contribution is 5.93. The van der Waals surface area contributed by atoms with Gasteiger partial charge in [-0.25, -0.2) is 4.39 Å². The number of quaternary nitrogens is 1. The predicted octanol–water partition coefficient (Wildman–Crippen LogP) is 1.10. The minimum atomic E-state index is -0.340. The van der Waals surface area contributed by atoms with Crippen molar-refractivity contribution in [2.75, 3.05) is 31.5 Å². The number of benzene rings is 1. The van der Waals surface area contributed by atoms with Crippen molar-refractivity contribution < 1.29 is 23.3 Å². The van der Waals surface area contributed by atoms with Crippen molar-refractivity contribution in [1.29, 1.82) is 0 Å². The van der Waals surface area contributed by atoms with Gasteiger partial charge in [-0.3, -0.25) is 9.59 Å². The Morgan fingerprint density at radius 3 is 2.62 bits per heavy atom. The van der Waals surface area contributed by atoms with Crippen molar-refractivity contribution in [1.82, 2.24) is 4.90 Å². The first-order valence-corrected chi connectivity index (χ1v) is 8.70. The van der Waals surface area contributed by atoms with Gasteiger partial charge in [-0.15, -0.1) is 0 Å². The van der Waals surface area contributed by atoms with E-state index >= 15 is 0 Å². The molecule has 2 aromatic rings. The van der Waals surface area contributed by atoms with E-state index in [4.69, 9.17) is 4.42 Å². The maximum absolute atomic E-state index is 13.6. The first kappa shape index (κ1) is 18.1. The lowest BCUT2D eigenvalue weighted by Gasteiger charge is -2.34. The third kappa shape index (κ3) is 3.94. The van der Waals surface area contributed by atoms with E-state index < -0.39 is 0 Å². The number of piperazine rings is 1. The number of halogens is 1. The summed E-state index contributed by atoms with van der Waals surface area (Å²) in [6.45, 7) is 5.99. The Hall–Kier alpha value is -2.67. The molecule has 1 fully saturated rings. The second kappa shape index (κ2) is 7.70. The van der Waals surface area contributed by atoms with Gasteiger partial charge in [0.05, 0.1) is 32.4 Å². The lowest BCUT2D eigenvalue weighted by Crippen LogP contribution is -3.19. The fourth-order valence-electron chi connectivity index (χ4n) is 3.09. The average molecular weight is 360 g/mol. The predicted molar refractivity (Wildman–Crippen MR) is 94.5 cm³/mol. The van der Waals surface area contributed by atoms with Gasteiger partial charge in [0.25, 0.3) is 11.8 Å². The van der Waals surface area contributed by atoms with Crippen molar-refractivity contribution in [2.24, 2.45) is 0 Å². The number of carbonyl (C=O) groups is 2. The molecule has 7 heteroatoms. The van der Waals surface area contributed by atoms with Crippen molar-refractivity contribution in [2.45, 2.75) is 19.9 Å². The summed E-state index contributed by atoms with van der Waals surface area (Å²) >= 11 is 0. The van der Waals surface area contributed by atoms with Crippen LogP contribution in [0.15, 0.2) is 41.0 Å². The van der Waals surface area contributed by atoms with Crippen molar-refractivity contribution >= 4 is 17.5 Å². The molecular formula is C19H23FN3O3+. The molecule has 26 heavy (non-hydrogen) atoms. The normalized spacial score (nSPS) is 16.3. The number of anilines is 1. The number of aryl methyl sites for hydroxylation is 1. The van der Waals surface area contributed by atoms with Crippen LogP contribution >= 0.6 is 0 Å². The molecule has 138 valence electrons. The van der Waals surface area contributed by atoms with Crippen LogP contribution in [0.4, 0.5) is 10.1 Å². The van der Waals surface area contributed by atoms with Gasteiger partial charge in [0, 0.05) is 5.69 Å². The van der Waals surface area contributed by atoms with E-state index in [9.17, 15) is 14.0 Å². The van der Waals surface area contributed by atoms with Crippen molar-refractivity contribution in [3.8, 4) is 0 Å². The van der Waals surface area contributed by atoms with Gasteiger partial charge < -0.3 is 19.5 Å². The molecule has 1 atom stereocenters. The highest BCUT2D eigenvalue weighted by atomic mass is 19.1. The van der Waals surface area contributed by atoms with Crippen LogP contribution in [0.3, 0.4) is 0 Å². The number of rotatable bonds is 4. The standard InChI is InChI=1S/C19H22FN3O3/c1-13-5-6-15(12-16(13)20)21-18(24)14(2)22-7-9-23(10-8-22)19(25)17-4-3-11-26-17/h3-6,11-12,14H,7-10H2,1-2H3,(H,21,24)/p+1/t14-/m1/s1. The molecule has 2 N–H and O–H groups in total. The molecule has 3 rings (SSSR count). The fourth-order valence-corrected chi connectivity index (χ4v) is 3.09. The number of hydrogen-bond acceptors (Lipinski definition) is 3.